The van der Waals surface area contributed by atoms with E-state index in [4.69, 9.17) is 11.6 Å². The zero-order valence-corrected chi connectivity index (χ0v) is 9.26. The van der Waals surface area contributed by atoms with Gasteiger partial charge in [0.25, 0.3) is 0 Å². The standard InChI is InChI=1S/C10H7ClN4O2/c11-9-8(15(16)17)10(13-6-12-9)14-7-4-2-1-3-5-7/h1-6H,(H,12,13,14). The lowest BCUT2D eigenvalue weighted by molar-refractivity contribution is -0.384. The predicted molar refractivity (Wildman–Crippen MR) is 63.4 cm³/mol. The molecule has 1 N–H and O–H groups in total. The highest BCUT2D eigenvalue weighted by molar-refractivity contribution is 6.31. The highest BCUT2D eigenvalue weighted by atomic mass is 35.5. The molecule has 6 nitrogen and oxygen atoms in total. The number of nitrogens with zero attached hydrogens (tertiary/aromatic N) is 3. The first-order valence-corrected chi connectivity index (χ1v) is 5.03. The lowest BCUT2D eigenvalue weighted by Gasteiger charge is -2.05. The third-order valence-electron chi connectivity index (χ3n) is 2.00. The summed E-state index contributed by atoms with van der Waals surface area (Å²) in [5.41, 5.74) is 0.350. The van der Waals surface area contributed by atoms with Gasteiger partial charge >= 0.3 is 5.69 Å². The molecule has 1 aromatic heterocycles. The Hall–Kier alpha value is -2.21. The van der Waals surface area contributed by atoms with Gasteiger partial charge in [0.2, 0.25) is 11.0 Å². The van der Waals surface area contributed by atoms with E-state index in [1.54, 1.807) is 24.3 Å². The fourth-order valence-corrected chi connectivity index (χ4v) is 1.47. The zero-order chi connectivity index (χ0) is 12.3. The smallest absolute Gasteiger partial charge is 0.334 e. The van der Waals surface area contributed by atoms with Gasteiger partial charge in [-0.05, 0) is 12.1 Å². The van der Waals surface area contributed by atoms with Gasteiger partial charge in [-0.1, -0.05) is 29.8 Å². The molecule has 0 bridgehead atoms. The van der Waals surface area contributed by atoms with Gasteiger partial charge in [-0.2, -0.15) is 0 Å². The first-order valence-electron chi connectivity index (χ1n) is 4.65. The van der Waals surface area contributed by atoms with Crippen LogP contribution in [0.3, 0.4) is 0 Å². The molecule has 7 heteroatoms. The Morgan fingerprint density at radius 2 is 1.94 bits per heavy atom. The van der Waals surface area contributed by atoms with Crippen LogP contribution in [0.15, 0.2) is 36.7 Å². The van der Waals surface area contributed by atoms with E-state index in [1.807, 2.05) is 6.07 Å². The average molecular weight is 251 g/mol. The monoisotopic (exact) mass is 250 g/mol. The van der Waals surface area contributed by atoms with Gasteiger partial charge in [-0.25, -0.2) is 9.97 Å². The molecule has 1 heterocycles. The third-order valence-corrected chi connectivity index (χ3v) is 2.27. The molecule has 0 aliphatic carbocycles. The Labute approximate surface area is 101 Å². The van der Waals surface area contributed by atoms with Crippen LogP contribution in [0.1, 0.15) is 0 Å². The molecule has 1 aromatic carbocycles. The van der Waals surface area contributed by atoms with Crippen molar-refractivity contribution in [2.24, 2.45) is 0 Å². The fraction of sp³-hybridized carbons (Fsp3) is 0. The van der Waals surface area contributed by atoms with Gasteiger partial charge in [-0.3, -0.25) is 10.1 Å². The highest BCUT2D eigenvalue weighted by Gasteiger charge is 2.21. The van der Waals surface area contributed by atoms with Crippen molar-refractivity contribution < 1.29 is 4.92 Å². The minimum atomic E-state index is -0.617. The van der Waals surface area contributed by atoms with Gasteiger partial charge in [-0.15, -0.1) is 0 Å². The molecular weight excluding hydrogens is 244 g/mol. The Balaban J connectivity index is 2.40. The highest BCUT2D eigenvalue weighted by Crippen LogP contribution is 2.30. The average Bonchev–Trinajstić information content (AvgIpc) is 2.30. The number of aromatic nitrogens is 2. The summed E-state index contributed by atoms with van der Waals surface area (Å²) in [6.07, 6.45) is 1.17. The molecule has 2 aromatic rings. The molecule has 0 fully saturated rings. The summed E-state index contributed by atoms with van der Waals surface area (Å²) < 4.78 is 0. The lowest BCUT2D eigenvalue weighted by Crippen LogP contribution is -2.01. The number of halogens is 1. The Morgan fingerprint density at radius 1 is 1.24 bits per heavy atom. The molecule has 2 rings (SSSR count). The maximum atomic E-state index is 10.8. The van der Waals surface area contributed by atoms with Crippen molar-refractivity contribution in [1.29, 1.82) is 0 Å². The van der Waals surface area contributed by atoms with Crippen molar-refractivity contribution in [2.45, 2.75) is 0 Å². The van der Waals surface area contributed by atoms with E-state index in [-0.39, 0.29) is 16.7 Å². The Kier molecular flexibility index (Phi) is 3.15. The number of hydrogen-bond acceptors (Lipinski definition) is 5. The number of nitro groups is 1. The Morgan fingerprint density at radius 3 is 2.59 bits per heavy atom. The molecule has 0 spiro atoms. The molecule has 17 heavy (non-hydrogen) atoms. The first kappa shape index (κ1) is 11.3. The van der Waals surface area contributed by atoms with Crippen LogP contribution in [0, 0.1) is 10.1 Å². The normalized spacial score (nSPS) is 9.94. The summed E-state index contributed by atoms with van der Waals surface area (Å²) >= 11 is 5.66. The molecular formula is C10H7ClN4O2. The van der Waals surface area contributed by atoms with Crippen LogP contribution in [0.5, 0.6) is 0 Å². The molecule has 0 saturated heterocycles. The summed E-state index contributed by atoms with van der Waals surface area (Å²) in [6.45, 7) is 0. The summed E-state index contributed by atoms with van der Waals surface area (Å²) in [6, 6.07) is 8.97. The molecule has 0 amide bonds. The number of anilines is 2. The fourth-order valence-electron chi connectivity index (χ4n) is 1.27. The maximum Gasteiger partial charge on any atom is 0.348 e. The van der Waals surface area contributed by atoms with Crippen molar-refractivity contribution in [3.8, 4) is 0 Å². The third kappa shape index (κ3) is 2.48. The second-order valence-electron chi connectivity index (χ2n) is 3.11. The van der Waals surface area contributed by atoms with E-state index in [9.17, 15) is 10.1 Å². The number of para-hydroxylation sites is 1. The van der Waals surface area contributed by atoms with Gasteiger partial charge in [0, 0.05) is 5.69 Å². The van der Waals surface area contributed by atoms with Crippen LogP contribution in [0.2, 0.25) is 5.15 Å². The summed E-state index contributed by atoms with van der Waals surface area (Å²) in [5, 5.41) is 13.5. The number of benzene rings is 1. The molecule has 0 radical (unpaired) electrons. The molecule has 0 aliphatic rings. The summed E-state index contributed by atoms with van der Waals surface area (Å²) in [4.78, 5) is 17.6. The van der Waals surface area contributed by atoms with E-state index >= 15 is 0 Å². The van der Waals surface area contributed by atoms with Crippen LogP contribution in [0.4, 0.5) is 17.2 Å². The quantitative estimate of drug-likeness (QED) is 0.515. The molecule has 0 saturated carbocycles. The van der Waals surface area contributed by atoms with E-state index in [0.29, 0.717) is 5.69 Å². The van der Waals surface area contributed by atoms with Crippen molar-refractivity contribution in [3.05, 3.63) is 51.9 Å². The van der Waals surface area contributed by atoms with Crippen LogP contribution in [0.25, 0.3) is 0 Å². The largest absolute Gasteiger partial charge is 0.348 e. The molecule has 0 unspecified atom stereocenters. The number of rotatable bonds is 3. The molecule has 0 atom stereocenters. The molecule has 0 aliphatic heterocycles. The predicted octanol–water partition coefficient (Wildman–Crippen LogP) is 2.78. The zero-order valence-electron chi connectivity index (χ0n) is 8.50. The SMILES string of the molecule is O=[N+]([O-])c1c(Cl)ncnc1Nc1ccccc1. The minimum Gasteiger partial charge on any atom is -0.334 e. The van der Waals surface area contributed by atoms with Gasteiger partial charge in [0.05, 0.1) is 4.92 Å². The van der Waals surface area contributed by atoms with Crippen LogP contribution >= 0.6 is 11.6 Å². The van der Waals surface area contributed by atoms with Gasteiger partial charge in [0.1, 0.15) is 6.33 Å². The lowest BCUT2D eigenvalue weighted by atomic mass is 10.3. The first-order chi connectivity index (χ1) is 8.18. The van der Waals surface area contributed by atoms with Gasteiger partial charge in [0.15, 0.2) is 0 Å². The van der Waals surface area contributed by atoms with E-state index in [2.05, 4.69) is 15.3 Å². The second-order valence-corrected chi connectivity index (χ2v) is 3.47. The van der Waals surface area contributed by atoms with Crippen LogP contribution in [-0.4, -0.2) is 14.9 Å². The van der Waals surface area contributed by atoms with Crippen molar-refractivity contribution in [2.75, 3.05) is 5.32 Å². The van der Waals surface area contributed by atoms with Crippen LogP contribution in [-0.2, 0) is 0 Å². The van der Waals surface area contributed by atoms with Crippen molar-refractivity contribution >= 4 is 28.8 Å². The second kappa shape index (κ2) is 4.75. The topological polar surface area (TPSA) is 81.0 Å². The minimum absolute atomic E-state index is 0.0706. The van der Waals surface area contributed by atoms with E-state index in [0.717, 1.165) is 0 Å². The van der Waals surface area contributed by atoms with Crippen molar-refractivity contribution in [1.82, 2.24) is 9.97 Å². The maximum absolute atomic E-state index is 10.8. The van der Waals surface area contributed by atoms with E-state index in [1.165, 1.54) is 6.33 Å². The number of hydrogen-bond donors (Lipinski definition) is 1. The van der Waals surface area contributed by atoms with Crippen LogP contribution < -0.4 is 5.32 Å². The van der Waals surface area contributed by atoms with Crippen molar-refractivity contribution in [3.63, 3.8) is 0 Å². The summed E-state index contributed by atoms with van der Waals surface area (Å²) in [7, 11) is 0. The van der Waals surface area contributed by atoms with E-state index < -0.39 is 4.92 Å². The number of nitrogens with one attached hydrogen (secondary N) is 1. The summed E-state index contributed by atoms with van der Waals surface area (Å²) in [5.74, 6) is 0.0706. The molecule has 86 valence electrons. The Bertz CT molecular complexity index is 547. The van der Waals surface area contributed by atoms with Gasteiger partial charge < -0.3 is 5.32 Å².